The van der Waals surface area contributed by atoms with E-state index < -0.39 is 20.7 Å². The number of nitrogens with zero attached hydrogens (tertiary/aromatic N) is 3. The Bertz CT molecular complexity index is 1470. The molecule has 32 heavy (non-hydrogen) atoms. The molecule has 0 unspecified atom stereocenters. The van der Waals surface area contributed by atoms with E-state index in [1.165, 1.54) is 28.7 Å². The predicted molar refractivity (Wildman–Crippen MR) is 120 cm³/mol. The largest absolute Gasteiger partial charge is 0.269 e. The molecule has 0 fully saturated rings. The number of aromatic nitrogens is 2. The molecule has 6 nitrogen and oxygen atoms in total. The molecule has 9 heteroatoms. The molecule has 0 atom stereocenters. The third kappa shape index (κ3) is 4.43. The molecule has 0 spiro atoms. The number of hydrogen-bond acceptors (Lipinski definition) is 4. The predicted octanol–water partition coefficient (Wildman–Crippen LogP) is 4.19. The zero-order valence-corrected chi connectivity index (χ0v) is 18.6. The van der Waals surface area contributed by atoms with Crippen molar-refractivity contribution < 1.29 is 12.8 Å². The molecule has 4 aromatic rings. The van der Waals surface area contributed by atoms with Gasteiger partial charge in [-0.3, -0.25) is 9.20 Å². The zero-order chi connectivity index (χ0) is 22.9. The molecule has 0 saturated heterocycles. The maximum absolute atomic E-state index is 14.4. The van der Waals surface area contributed by atoms with Crippen LogP contribution < -0.4 is 5.56 Å². The van der Waals surface area contributed by atoms with Crippen LogP contribution in [-0.2, 0) is 23.1 Å². The Kier molecular flexibility index (Phi) is 6.10. The summed E-state index contributed by atoms with van der Waals surface area (Å²) in [5, 5.41) is 0.378. The summed E-state index contributed by atoms with van der Waals surface area (Å²) in [6, 6.07) is 16.8. The van der Waals surface area contributed by atoms with Crippen LogP contribution in [0.3, 0.4) is 0 Å². The fraction of sp³-hybridized carbons (Fsp3) is 0.130. The maximum Gasteiger partial charge on any atom is 0.258 e. The van der Waals surface area contributed by atoms with E-state index in [1.54, 1.807) is 42.6 Å². The monoisotopic (exact) mass is 471 g/mol. The summed E-state index contributed by atoms with van der Waals surface area (Å²) >= 11 is 6.25. The van der Waals surface area contributed by atoms with Gasteiger partial charge in [-0.2, -0.15) is 4.31 Å². The fourth-order valence-electron chi connectivity index (χ4n) is 3.35. The Morgan fingerprint density at radius 3 is 2.50 bits per heavy atom. The standard InChI is InChI=1S/C23H19ClFN3O3S/c1-16-10-11-28-22(12-16)26-18(13-23(28)29)15-27(14-17-6-2-3-7-19(17)24)32(30,31)21-9-5-4-8-20(21)25/h2-13H,14-15H2,1H3. The lowest BCUT2D eigenvalue weighted by molar-refractivity contribution is 0.393. The smallest absolute Gasteiger partial charge is 0.258 e. The van der Waals surface area contributed by atoms with Gasteiger partial charge in [0.1, 0.15) is 16.4 Å². The van der Waals surface area contributed by atoms with Crippen molar-refractivity contribution in [2.24, 2.45) is 0 Å². The highest BCUT2D eigenvalue weighted by Gasteiger charge is 2.29. The van der Waals surface area contributed by atoms with E-state index in [0.717, 1.165) is 15.9 Å². The number of pyridine rings is 1. The van der Waals surface area contributed by atoms with Crippen molar-refractivity contribution in [2.45, 2.75) is 24.9 Å². The molecule has 0 radical (unpaired) electrons. The van der Waals surface area contributed by atoms with Crippen molar-refractivity contribution in [3.8, 4) is 0 Å². The molecule has 4 rings (SSSR count). The van der Waals surface area contributed by atoms with Gasteiger partial charge in [0.15, 0.2) is 0 Å². The highest BCUT2D eigenvalue weighted by molar-refractivity contribution is 7.89. The second-order valence-corrected chi connectivity index (χ2v) is 9.63. The first-order chi connectivity index (χ1) is 15.3. The molecule has 164 valence electrons. The van der Waals surface area contributed by atoms with E-state index in [4.69, 9.17) is 11.6 Å². The van der Waals surface area contributed by atoms with Gasteiger partial charge >= 0.3 is 0 Å². The van der Waals surface area contributed by atoms with Crippen LogP contribution in [0, 0.1) is 12.7 Å². The minimum absolute atomic E-state index is 0.120. The van der Waals surface area contributed by atoms with E-state index in [0.29, 0.717) is 16.2 Å². The Morgan fingerprint density at radius 1 is 1.03 bits per heavy atom. The fourth-order valence-corrected chi connectivity index (χ4v) is 5.00. The first kappa shape index (κ1) is 22.1. The van der Waals surface area contributed by atoms with Gasteiger partial charge in [-0.1, -0.05) is 41.9 Å². The Balaban J connectivity index is 1.81. The Morgan fingerprint density at radius 2 is 1.75 bits per heavy atom. The van der Waals surface area contributed by atoms with Gasteiger partial charge in [-0.25, -0.2) is 17.8 Å². The van der Waals surface area contributed by atoms with Gasteiger partial charge < -0.3 is 0 Å². The number of aryl methyl sites for hydroxylation is 1. The van der Waals surface area contributed by atoms with E-state index in [1.807, 2.05) is 6.92 Å². The van der Waals surface area contributed by atoms with Crippen LogP contribution in [0.2, 0.25) is 5.02 Å². The van der Waals surface area contributed by atoms with Crippen LogP contribution in [0.5, 0.6) is 0 Å². The number of hydrogen-bond donors (Lipinski definition) is 0. The van der Waals surface area contributed by atoms with Gasteiger partial charge in [-0.05, 0) is 48.4 Å². The zero-order valence-electron chi connectivity index (χ0n) is 17.1. The highest BCUT2D eigenvalue weighted by atomic mass is 35.5. The molecule has 0 N–H and O–H groups in total. The molecule has 2 heterocycles. The number of halogens is 2. The van der Waals surface area contributed by atoms with Crippen LogP contribution in [0.1, 0.15) is 16.8 Å². The minimum Gasteiger partial charge on any atom is -0.269 e. The normalized spacial score (nSPS) is 11.9. The van der Waals surface area contributed by atoms with Gasteiger partial charge in [0, 0.05) is 23.8 Å². The van der Waals surface area contributed by atoms with Gasteiger partial charge in [-0.15, -0.1) is 0 Å². The van der Waals surface area contributed by atoms with E-state index in [9.17, 15) is 17.6 Å². The third-order valence-corrected chi connectivity index (χ3v) is 7.17. The Hall–Kier alpha value is -3.07. The van der Waals surface area contributed by atoms with E-state index >= 15 is 0 Å². The first-order valence-corrected chi connectivity index (χ1v) is 11.5. The third-order valence-electron chi connectivity index (χ3n) is 4.97. The van der Waals surface area contributed by atoms with Gasteiger partial charge in [0.25, 0.3) is 5.56 Å². The van der Waals surface area contributed by atoms with E-state index in [2.05, 4.69) is 4.98 Å². The molecule has 0 saturated carbocycles. The number of rotatable bonds is 6. The molecule has 2 aromatic heterocycles. The van der Waals surface area contributed by atoms with Crippen molar-refractivity contribution in [2.75, 3.05) is 0 Å². The SMILES string of the molecule is Cc1ccn2c(=O)cc(CN(Cc3ccccc3Cl)S(=O)(=O)c3ccccc3F)nc2c1. The lowest BCUT2D eigenvalue weighted by Crippen LogP contribution is -2.32. The molecule has 0 aliphatic rings. The summed E-state index contributed by atoms with van der Waals surface area (Å²) in [5.74, 6) is -0.862. The van der Waals surface area contributed by atoms with Crippen molar-refractivity contribution in [3.63, 3.8) is 0 Å². The summed E-state index contributed by atoms with van der Waals surface area (Å²) in [4.78, 5) is 16.6. The first-order valence-electron chi connectivity index (χ1n) is 9.73. The van der Waals surface area contributed by atoms with Gasteiger partial charge in [0.05, 0.1) is 12.2 Å². The minimum atomic E-state index is -4.27. The summed E-state index contributed by atoms with van der Waals surface area (Å²) in [7, 11) is -4.27. The van der Waals surface area contributed by atoms with Crippen LogP contribution in [-0.4, -0.2) is 22.1 Å². The van der Waals surface area contributed by atoms with Crippen LogP contribution in [0.15, 0.2) is 82.6 Å². The second kappa shape index (κ2) is 8.82. The quantitative estimate of drug-likeness (QED) is 0.423. The number of benzene rings is 2. The maximum atomic E-state index is 14.4. The molecular formula is C23H19ClFN3O3S. The Labute approximate surface area is 189 Å². The molecule has 2 aromatic carbocycles. The number of sulfonamides is 1. The summed E-state index contributed by atoms with van der Waals surface area (Å²) in [5.41, 5.74) is 1.75. The lowest BCUT2D eigenvalue weighted by atomic mass is 10.2. The lowest BCUT2D eigenvalue weighted by Gasteiger charge is -2.23. The van der Waals surface area contributed by atoms with Crippen molar-refractivity contribution >= 4 is 27.3 Å². The van der Waals surface area contributed by atoms with Crippen molar-refractivity contribution in [1.29, 1.82) is 0 Å². The van der Waals surface area contributed by atoms with Crippen molar-refractivity contribution in [1.82, 2.24) is 13.7 Å². The molecule has 0 bridgehead atoms. The number of fused-ring (bicyclic) bond motifs is 1. The van der Waals surface area contributed by atoms with Gasteiger partial charge in [0.2, 0.25) is 10.0 Å². The van der Waals surface area contributed by atoms with Crippen LogP contribution in [0.25, 0.3) is 5.65 Å². The summed E-state index contributed by atoms with van der Waals surface area (Å²) in [6.07, 6.45) is 1.61. The van der Waals surface area contributed by atoms with Crippen LogP contribution in [0.4, 0.5) is 4.39 Å². The summed E-state index contributed by atoms with van der Waals surface area (Å²) in [6.45, 7) is 1.51. The highest BCUT2D eigenvalue weighted by Crippen LogP contribution is 2.25. The topological polar surface area (TPSA) is 71.8 Å². The molecule has 0 aliphatic heterocycles. The van der Waals surface area contributed by atoms with E-state index in [-0.39, 0.29) is 24.3 Å². The second-order valence-electron chi connectivity index (χ2n) is 7.31. The molecule has 0 amide bonds. The van der Waals surface area contributed by atoms with Crippen molar-refractivity contribution in [3.05, 3.63) is 111 Å². The average molecular weight is 472 g/mol. The average Bonchev–Trinajstić information content (AvgIpc) is 2.74. The molecular weight excluding hydrogens is 453 g/mol. The van der Waals surface area contributed by atoms with Crippen LogP contribution >= 0.6 is 11.6 Å². The molecule has 0 aliphatic carbocycles. The summed E-state index contributed by atoms with van der Waals surface area (Å²) < 4.78 is 43.7.